The Labute approximate surface area is 112 Å². The number of hydrogen-bond donors (Lipinski definition) is 2. The maximum atomic E-state index is 11.1. The highest BCUT2D eigenvalue weighted by Crippen LogP contribution is 2.21. The van der Waals surface area contributed by atoms with E-state index in [1.54, 1.807) is 0 Å². The highest BCUT2D eigenvalue weighted by molar-refractivity contribution is 5.83. The van der Waals surface area contributed by atoms with Crippen molar-refractivity contribution < 1.29 is 9.90 Å². The van der Waals surface area contributed by atoms with E-state index in [1.165, 1.54) is 10.9 Å². The Balaban J connectivity index is 1.71. The minimum atomic E-state index is -0.684. The second-order valence-electron chi connectivity index (χ2n) is 5.14. The molecule has 1 aliphatic heterocycles. The third kappa shape index (κ3) is 2.36. The zero-order chi connectivity index (χ0) is 13.2. The molecule has 1 atom stereocenters. The van der Waals surface area contributed by atoms with Gasteiger partial charge < -0.3 is 10.1 Å². The van der Waals surface area contributed by atoms with Crippen LogP contribution in [0.5, 0.6) is 0 Å². The fourth-order valence-electron chi connectivity index (χ4n) is 2.98. The molecule has 2 aromatic rings. The Hall–Kier alpha value is -1.81. The predicted molar refractivity (Wildman–Crippen MR) is 74.2 cm³/mol. The summed E-state index contributed by atoms with van der Waals surface area (Å²) in [6.07, 6.45) is 4.71. The number of rotatable bonds is 4. The van der Waals surface area contributed by atoms with E-state index in [2.05, 4.69) is 22.0 Å². The third-order valence-electron chi connectivity index (χ3n) is 3.99. The number of nitrogens with one attached hydrogen (secondary N) is 1. The number of hydrogen-bond acceptors (Lipinski definition) is 2. The Kier molecular flexibility index (Phi) is 3.25. The van der Waals surface area contributed by atoms with Gasteiger partial charge in [0.15, 0.2) is 0 Å². The molecule has 1 aliphatic rings. The number of carbonyl (C=O) groups is 1. The quantitative estimate of drug-likeness (QED) is 0.884. The Bertz CT molecular complexity index is 591. The number of carboxylic acids is 1. The monoisotopic (exact) mass is 258 g/mol. The van der Waals surface area contributed by atoms with Gasteiger partial charge in [-0.1, -0.05) is 18.2 Å². The van der Waals surface area contributed by atoms with Crippen LogP contribution < -0.4 is 0 Å². The SMILES string of the molecule is O=C(O)[C@@H]1CCCN1CCc1c[nH]c2ccccc12. The molecule has 2 heterocycles. The van der Waals surface area contributed by atoms with Crippen molar-refractivity contribution in [3.05, 3.63) is 36.0 Å². The van der Waals surface area contributed by atoms with Gasteiger partial charge in [0.25, 0.3) is 0 Å². The molecular formula is C15H18N2O2. The molecule has 4 heteroatoms. The zero-order valence-electron chi connectivity index (χ0n) is 10.8. The van der Waals surface area contributed by atoms with Crippen molar-refractivity contribution in [2.45, 2.75) is 25.3 Å². The summed E-state index contributed by atoms with van der Waals surface area (Å²) in [7, 11) is 0. The van der Waals surface area contributed by atoms with Gasteiger partial charge in [-0.15, -0.1) is 0 Å². The third-order valence-corrected chi connectivity index (χ3v) is 3.99. The predicted octanol–water partition coefficient (Wildman–Crippen LogP) is 2.26. The molecule has 1 saturated heterocycles. The summed E-state index contributed by atoms with van der Waals surface area (Å²) in [6.45, 7) is 1.72. The average Bonchev–Trinajstić information content (AvgIpc) is 3.03. The van der Waals surface area contributed by atoms with Crippen LogP contribution in [-0.4, -0.2) is 40.1 Å². The van der Waals surface area contributed by atoms with Gasteiger partial charge in [-0.3, -0.25) is 9.69 Å². The van der Waals surface area contributed by atoms with Gasteiger partial charge in [-0.05, 0) is 37.4 Å². The molecule has 19 heavy (non-hydrogen) atoms. The summed E-state index contributed by atoms with van der Waals surface area (Å²) >= 11 is 0. The van der Waals surface area contributed by atoms with E-state index in [-0.39, 0.29) is 6.04 Å². The van der Waals surface area contributed by atoms with E-state index in [4.69, 9.17) is 5.11 Å². The Morgan fingerprint density at radius 2 is 2.26 bits per heavy atom. The first kappa shape index (κ1) is 12.2. The number of aromatic nitrogens is 1. The molecule has 0 saturated carbocycles. The molecule has 0 bridgehead atoms. The van der Waals surface area contributed by atoms with Crippen LogP contribution >= 0.6 is 0 Å². The molecule has 1 fully saturated rings. The number of nitrogens with zero attached hydrogens (tertiary/aromatic N) is 1. The molecule has 0 aliphatic carbocycles. The maximum Gasteiger partial charge on any atom is 0.320 e. The van der Waals surface area contributed by atoms with E-state index >= 15 is 0 Å². The Morgan fingerprint density at radius 3 is 3.11 bits per heavy atom. The van der Waals surface area contributed by atoms with Gasteiger partial charge in [0, 0.05) is 23.6 Å². The molecular weight excluding hydrogens is 240 g/mol. The topological polar surface area (TPSA) is 56.3 Å². The van der Waals surface area contributed by atoms with Crippen molar-refractivity contribution >= 4 is 16.9 Å². The number of para-hydroxylation sites is 1. The normalized spacial score (nSPS) is 20.1. The second kappa shape index (κ2) is 5.05. The number of aromatic amines is 1. The number of carboxylic acid groups (broad SMARTS) is 1. The van der Waals surface area contributed by atoms with Crippen molar-refractivity contribution in [3.8, 4) is 0 Å². The first-order chi connectivity index (χ1) is 9.25. The summed E-state index contributed by atoms with van der Waals surface area (Å²) in [4.78, 5) is 16.5. The summed E-state index contributed by atoms with van der Waals surface area (Å²) in [5, 5.41) is 10.4. The largest absolute Gasteiger partial charge is 0.480 e. The van der Waals surface area contributed by atoms with Gasteiger partial charge in [-0.2, -0.15) is 0 Å². The van der Waals surface area contributed by atoms with Crippen LogP contribution in [0.25, 0.3) is 10.9 Å². The second-order valence-corrected chi connectivity index (χ2v) is 5.14. The van der Waals surface area contributed by atoms with Gasteiger partial charge in [0.2, 0.25) is 0 Å². The van der Waals surface area contributed by atoms with Crippen LogP contribution in [0.3, 0.4) is 0 Å². The lowest BCUT2D eigenvalue weighted by molar-refractivity contribution is -0.142. The van der Waals surface area contributed by atoms with Crippen molar-refractivity contribution in [1.29, 1.82) is 0 Å². The van der Waals surface area contributed by atoms with Crippen LogP contribution in [0.15, 0.2) is 30.5 Å². The first-order valence-electron chi connectivity index (χ1n) is 6.77. The molecule has 1 aromatic heterocycles. The number of fused-ring (bicyclic) bond motifs is 1. The van der Waals surface area contributed by atoms with Crippen molar-refractivity contribution in [3.63, 3.8) is 0 Å². The van der Waals surface area contributed by atoms with Crippen LogP contribution in [0, 0.1) is 0 Å². The van der Waals surface area contributed by atoms with E-state index in [9.17, 15) is 4.79 Å². The van der Waals surface area contributed by atoms with E-state index in [0.717, 1.165) is 37.9 Å². The van der Waals surface area contributed by atoms with E-state index in [1.807, 2.05) is 18.3 Å². The van der Waals surface area contributed by atoms with Gasteiger partial charge >= 0.3 is 5.97 Å². The van der Waals surface area contributed by atoms with Crippen LogP contribution in [-0.2, 0) is 11.2 Å². The van der Waals surface area contributed by atoms with Crippen LogP contribution in [0.2, 0.25) is 0 Å². The highest BCUT2D eigenvalue weighted by Gasteiger charge is 2.29. The maximum absolute atomic E-state index is 11.1. The van der Waals surface area contributed by atoms with E-state index in [0.29, 0.717) is 0 Å². The fraction of sp³-hybridized carbons (Fsp3) is 0.400. The van der Waals surface area contributed by atoms with E-state index < -0.39 is 5.97 Å². The summed E-state index contributed by atoms with van der Waals surface area (Å²) < 4.78 is 0. The van der Waals surface area contributed by atoms with Crippen molar-refractivity contribution in [2.75, 3.05) is 13.1 Å². The standard InChI is InChI=1S/C15H18N2O2/c18-15(19)14-6-3-8-17(14)9-7-11-10-16-13-5-2-1-4-12(11)13/h1-2,4-5,10,14,16H,3,6-9H2,(H,18,19)/t14-/m0/s1. The molecule has 3 rings (SSSR count). The highest BCUT2D eigenvalue weighted by atomic mass is 16.4. The average molecular weight is 258 g/mol. The van der Waals surface area contributed by atoms with Gasteiger partial charge in [0.1, 0.15) is 6.04 Å². The molecule has 0 unspecified atom stereocenters. The number of aliphatic carboxylic acids is 1. The Morgan fingerprint density at radius 1 is 1.42 bits per heavy atom. The zero-order valence-corrected chi connectivity index (χ0v) is 10.8. The van der Waals surface area contributed by atoms with Crippen molar-refractivity contribution in [1.82, 2.24) is 9.88 Å². The molecule has 0 amide bonds. The van der Waals surface area contributed by atoms with Crippen molar-refractivity contribution in [2.24, 2.45) is 0 Å². The number of likely N-dealkylation sites (tertiary alicyclic amines) is 1. The first-order valence-corrected chi connectivity index (χ1v) is 6.77. The van der Waals surface area contributed by atoms with Gasteiger partial charge in [-0.25, -0.2) is 0 Å². The minimum absolute atomic E-state index is 0.287. The molecule has 1 aromatic carbocycles. The lowest BCUT2D eigenvalue weighted by atomic mass is 10.1. The lowest BCUT2D eigenvalue weighted by Gasteiger charge is -2.20. The lowest BCUT2D eigenvalue weighted by Crippen LogP contribution is -2.37. The number of H-pyrrole nitrogens is 1. The summed E-state index contributed by atoms with van der Waals surface area (Å²) in [5.41, 5.74) is 2.42. The molecule has 0 spiro atoms. The smallest absolute Gasteiger partial charge is 0.320 e. The molecule has 100 valence electrons. The number of benzene rings is 1. The van der Waals surface area contributed by atoms with Gasteiger partial charge in [0.05, 0.1) is 0 Å². The summed E-state index contributed by atoms with van der Waals surface area (Å²) in [5.74, 6) is -0.684. The van der Waals surface area contributed by atoms with Crippen LogP contribution in [0.1, 0.15) is 18.4 Å². The van der Waals surface area contributed by atoms with Crippen LogP contribution in [0.4, 0.5) is 0 Å². The molecule has 0 radical (unpaired) electrons. The molecule has 4 nitrogen and oxygen atoms in total. The minimum Gasteiger partial charge on any atom is -0.480 e. The fourth-order valence-corrected chi connectivity index (χ4v) is 2.98. The molecule has 2 N–H and O–H groups in total. The summed E-state index contributed by atoms with van der Waals surface area (Å²) in [6, 6.07) is 7.94.